The molecule has 0 aliphatic heterocycles. The van der Waals surface area contributed by atoms with Crippen LogP contribution in [0.3, 0.4) is 0 Å². The Kier molecular flexibility index (Phi) is 1.93. The van der Waals surface area contributed by atoms with Crippen LogP contribution in [0, 0.1) is 12.8 Å². The molecule has 1 heterocycles. The number of hydrogen-bond acceptors (Lipinski definition) is 2. The molecular weight excluding hydrogens is 150 g/mol. The fourth-order valence-electron chi connectivity index (χ4n) is 1.94. The second-order valence-electron chi connectivity index (χ2n) is 3.66. The van der Waals surface area contributed by atoms with Crippen molar-refractivity contribution in [2.45, 2.75) is 26.2 Å². The molecule has 1 aromatic heterocycles. The zero-order chi connectivity index (χ0) is 8.55. The molecule has 66 valence electrons. The van der Waals surface area contributed by atoms with E-state index >= 15 is 0 Å². The van der Waals surface area contributed by atoms with Gasteiger partial charge in [-0.2, -0.15) is 0 Å². The second kappa shape index (κ2) is 2.94. The predicted octanol–water partition coefficient (Wildman–Crippen LogP) is 1.65. The van der Waals surface area contributed by atoms with Crippen LogP contribution in [0.5, 0.6) is 0 Å². The molecule has 0 saturated carbocycles. The van der Waals surface area contributed by atoms with Crippen LogP contribution in [-0.2, 0) is 12.8 Å². The molecule has 0 amide bonds. The van der Waals surface area contributed by atoms with Crippen molar-refractivity contribution in [3.8, 4) is 0 Å². The highest BCUT2D eigenvalue weighted by atomic mass is 16.3. The van der Waals surface area contributed by atoms with Gasteiger partial charge in [0.15, 0.2) is 0 Å². The number of aryl methyl sites for hydroxylation is 1. The molecule has 0 saturated heterocycles. The molecule has 1 unspecified atom stereocenters. The maximum absolute atomic E-state index is 5.63. The van der Waals surface area contributed by atoms with Crippen molar-refractivity contribution >= 4 is 0 Å². The molecule has 2 N–H and O–H groups in total. The average molecular weight is 165 g/mol. The third-order valence-corrected chi connectivity index (χ3v) is 2.80. The van der Waals surface area contributed by atoms with Crippen molar-refractivity contribution < 1.29 is 4.42 Å². The van der Waals surface area contributed by atoms with Gasteiger partial charge in [-0.3, -0.25) is 0 Å². The zero-order valence-corrected chi connectivity index (χ0v) is 7.47. The standard InChI is InChI=1S/C10H15NO/c1-7-6-12-10-4-8(5-11)2-3-9(7)10/h6,8H,2-5,11H2,1H3. The molecule has 1 aromatic rings. The van der Waals surface area contributed by atoms with Crippen LogP contribution < -0.4 is 5.73 Å². The Hall–Kier alpha value is -0.760. The van der Waals surface area contributed by atoms with Gasteiger partial charge in [-0.15, -0.1) is 0 Å². The van der Waals surface area contributed by atoms with Crippen molar-refractivity contribution in [3.05, 3.63) is 23.2 Å². The first-order valence-corrected chi connectivity index (χ1v) is 4.57. The lowest BCUT2D eigenvalue weighted by Crippen LogP contribution is -2.21. The number of hydrogen-bond donors (Lipinski definition) is 1. The van der Waals surface area contributed by atoms with Crippen LogP contribution in [0.2, 0.25) is 0 Å². The molecule has 1 atom stereocenters. The minimum absolute atomic E-state index is 0.642. The number of rotatable bonds is 1. The normalized spacial score (nSPS) is 22.3. The van der Waals surface area contributed by atoms with E-state index in [0.29, 0.717) is 5.92 Å². The largest absolute Gasteiger partial charge is 0.469 e. The maximum Gasteiger partial charge on any atom is 0.107 e. The van der Waals surface area contributed by atoms with Crippen molar-refractivity contribution in [2.24, 2.45) is 11.7 Å². The lowest BCUT2D eigenvalue weighted by atomic mass is 9.87. The van der Waals surface area contributed by atoms with E-state index in [2.05, 4.69) is 6.92 Å². The van der Waals surface area contributed by atoms with Crippen molar-refractivity contribution in [2.75, 3.05) is 6.54 Å². The summed E-state index contributed by atoms with van der Waals surface area (Å²) in [4.78, 5) is 0. The fourth-order valence-corrected chi connectivity index (χ4v) is 1.94. The van der Waals surface area contributed by atoms with E-state index in [-0.39, 0.29) is 0 Å². The number of nitrogens with two attached hydrogens (primary N) is 1. The molecular formula is C10H15NO. The molecule has 1 aliphatic carbocycles. The van der Waals surface area contributed by atoms with Gasteiger partial charge < -0.3 is 10.2 Å². The topological polar surface area (TPSA) is 39.2 Å². The zero-order valence-electron chi connectivity index (χ0n) is 7.47. The highest BCUT2D eigenvalue weighted by molar-refractivity contribution is 5.29. The summed E-state index contributed by atoms with van der Waals surface area (Å²) in [7, 11) is 0. The van der Waals surface area contributed by atoms with E-state index in [4.69, 9.17) is 10.2 Å². The first-order valence-electron chi connectivity index (χ1n) is 4.57. The summed E-state index contributed by atoms with van der Waals surface area (Å²) in [5.74, 6) is 1.82. The molecule has 0 spiro atoms. The predicted molar refractivity (Wildman–Crippen MR) is 48.0 cm³/mol. The Morgan fingerprint density at radius 2 is 2.50 bits per heavy atom. The maximum atomic E-state index is 5.63. The minimum atomic E-state index is 0.642. The van der Waals surface area contributed by atoms with Gasteiger partial charge in [0.25, 0.3) is 0 Å². The van der Waals surface area contributed by atoms with Gasteiger partial charge in [0, 0.05) is 6.42 Å². The van der Waals surface area contributed by atoms with Crippen molar-refractivity contribution in [3.63, 3.8) is 0 Å². The van der Waals surface area contributed by atoms with E-state index in [9.17, 15) is 0 Å². The first kappa shape index (κ1) is 7.87. The van der Waals surface area contributed by atoms with Crippen LogP contribution in [0.15, 0.2) is 10.7 Å². The summed E-state index contributed by atoms with van der Waals surface area (Å²) in [5.41, 5.74) is 8.36. The average Bonchev–Trinajstić information content (AvgIpc) is 2.47. The summed E-state index contributed by atoms with van der Waals surface area (Å²) >= 11 is 0. The Bertz CT molecular complexity index is 277. The summed E-state index contributed by atoms with van der Waals surface area (Å²) < 4.78 is 5.46. The third-order valence-electron chi connectivity index (χ3n) is 2.80. The van der Waals surface area contributed by atoms with E-state index in [1.54, 1.807) is 0 Å². The number of fused-ring (bicyclic) bond motifs is 1. The minimum Gasteiger partial charge on any atom is -0.469 e. The van der Waals surface area contributed by atoms with Crippen LogP contribution in [-0.4, -0.2) is 6.54 Å². The van der Waals surface area contributed by atoms with Gasteiger partial charge in [-0.05, 0) is 43.4 Å². The lowest BCUT2D eigenvalue weighted by molar-refractivity contribution is 0.397. The number of furan rings is 1. The Balaban J connectivity index is 2.24. The summed E-state index contributed by atoms with van der Waals surface area (Å²) in [6.07, 6.45) is 5.28. The summed E-state index contributed by atoms with van der Waals surface area (Å²) in [6, 6.07) is 0. The Morgan fingerprint density at radius 1 is 1.67 bits per heavy atom. The van der Waals surface area contributed by atoms with Crippen LogP contribution in [0.25, 0.3) is 0 Å². The van der Waals surface area contributed by atoms with E-state index in [1.807, 2.05) is 6.26 Å². The van der Waals surface area contributed by atoms with Gasteiger partial charge in [0.2, 0.25) is 0 Å². The molecule has 1 aliphatic rings. The van der Waals surface area contributed by atoms with Crippen LogP contribution >= 0.6 is 0 Å². The SMILES string of the molecule is Cc1coc2c1CCC(CN)C2. The van der Waals surface area contributed by atoms with Crippen LogP contribution in [0.1, 0.15) is 23.3 Å². The molecule has 2 rings (SSSR count). The molecule has 0 bridgehead atoms. The Morgan fingerprint density at radius 3 is 3.25 bits per heavy atom. The highest BCUT2D eigenvalue weighted by Gasteiger charge is 2.21. The van der Waals surface area contributed by atoms with Gasteiger partial charge in [-0.1, -0.05) is 0 Å². The van der Waals surface area contributed by atoms with E-state index < -0.39 is 0 Å². The monoisotopic (exact) mass is 165 g/mol. The quantitative estimate of drug-likeness (QED) is 0.687. The van der Waals surface area contributed by atoms with Crippen LogP contribution in [0.4, 0.5) is 0 Å². The molecule has 12 heavy (non-hydrogen) atoms. The summed E-state index contributed by atoms with van der Waals surface area (Å²) in [6.45, 7) is 2.91. The third kappa shape index (κ3) is 1.16. The lowest BCUT2D eigenvalue weighted by Gasteiger charge is -2.19. The van der Waals surface area contributed by atoms with Gasteiger partial charge in [0.05, 0.1) is 6.26 Å². The molecule has 2 nitrogen and oxygen atoms in total. The molecule has 0 radical (unpaired) electrons. The van der Waals surface area contributed by atoms with Crippen molar-refractivity contribution in [1.82, 2.24) is 0 Å². The Labute approximate surface area is 72.7 Å². The molecule has 2 heteroatoms. The second-order valence-corrected chi connectivity index (χ2v) is 3.66. The fraction of sp³-hybridized carbons (Fsp3) is 0.600. The van der Waals surface area contributed by atoms with E-state index in [0.717, 1.165) is 19.4 Å². The van der Waals surface area contributed by atoms with Crippen molar-refractivity contribution in [1.29, 1.82) is 0 Å². The van der Waals surface area contributed by atoms with Gasteiger partial charge in [-0.25, -0.2) is 0 Å². The molecule has 0 aromatic carbocycles. The van der Waals surface area contributed by atoms with Gasteiger partial charge in [0.1, 0.15) is 5.76 Å². The smallest absolute Gasteiger partial charge is 0.107 e. The molecule has 0 fully saturated rings. The summed E-state index contributed by atoms with van der Waals surface area (Å²) in [5, 5.41) is 0. The highest BCUT2D eigenvalue weighted by Crippen LogP contribution is 2.28. The first-order chi connectivity index (χ1) is 5.81. The van der Waals surface area contributed by atoms with Gasteiger partial charge >= 0.3 is 0 Å². The van der Waals surface area contributed by atoms with E-state index in [1.165, 1.54) is 23.3 Å².